The van der Waals surface area contributed by atoms with Gasteiger partial charge < -0.3 is 24.8 Å². The van der Waals surface area contributed by atoms with Crippen molar-refractivity contribution in [1.29, 1.82) is 0 Å². The van der Waals surface area contributed by atoms with Gasteiger partial charge in [-0.1, -0.05) is 65.0 Å². The number of aromatic nitrogens is 1. The third kappa shape index (κ3) is 6.46. The molecule has 4 rings (SSSR count). The van der Waals surface area contributed by atoms with E-state index in [2.05, 4.69) is 10.5 Å². The number of nitrogens with zero attached hydrogens (tertiary/aromatic N) is 2. The van der Waals surface area contributed by atoms with Crippen molar-refractivity contribution >= 4 is 39.1 Å². The van der Waals surface area contributed by atoms with E-state index in [-0.39, 0.29) is 17.9 Å². The second-order valence-electron chi connectivity index (χ2n) is 8.46. The Hall–Kier alpha value is -4.44. The van der Waals surface area contributed by atoms with E-state index in [9.17, 15) is 19.5 Å². The average molecular weight is 533 g/mol. The number of carbonyl (C=O) groups excluding carboxylic acids is 2. The summed E-state index contributed by atoms with van der Waals surface area (Å²) in [6.07, 6.45) is 0.0988. The monoisotopic (exact) mass is 532 g/mol. The van der Waals surface area contributed by atoms with E-state index in [0.29, 0.717) is 23.6 Å². The molecule has 1 aromatic heterocycles. The van der Waals surface area contributed by atoms with Gasteiger partial charge in [0.05, 0.1) is 28.8 Å². The van der Waals surface area contributed by atoms with Crippen LogP contribution in [0.25, 0.3) is 10.2 Å². The number of hydrogen-bond acceptors (Lipinski definition) is 8. The van der Waals surface area contributed by atoms with Gasteiger partial charge in [0, 0.05) is 18.1 Å². The van der Waals surface area contributed by atoms with Gasteiger partial charge in [0.2, 0.25) is 5.91 Å². The van der Waals surface area contributed by atoms with Gasteiger partial charge in [-0.25, -0.2) is 0 Å². The Labute approximate surface area is 222 Å². The SMILES string of the molecule is CO/N=C(\c1ccccc1)c1ccc2c(c1)sc(=O)n2CCOc1ccc(CC(NC(C)=O)C(=O)[O-])cc1. The molecule has 0 aliphatic rings. The van der Waals surface area contributed by atoms with Gasteiger partial charge >= 0.3 is 4.87 Å². The summed E-state index contributed by atoms with van der Waals surface area (Å²) < 4.78 is 8.32. The first-order chi connectivity index (χ1) is 18.4. The highest BCUT2D eigenvalue weighted by Gasteiger charge is 2.14. The average Bonchev–Trinajstić information content (AvgIpc) is 3.22. The maximum Gasteiger partial charge on any atom is 0.308 e. The third-order valence-corrected chi connectivity index (χ3v) is 6.72. The topological polar surface area (TPSA) is 122 Å². The highest BCUT2D eigenvalue weighted by Crippen LogP contribution is 2.22. The van der Waals surface area contributed by atoms with Crippen LogP contribution in [0.2, 0.25) is 0 Å². The highest BCUT2D eigenvalue weighted by molar-refractivity contribution is 7.16. The van der Waals surface area contributed by atoms with Crippen molar-refractivity contribution in [3.8, 4) is 5.75 Å². The normalized spacial score (nSPS) is 12.2. The number of ether oxygens (including phenoxy) is 1. The summed E-state index contributed by atoms with van der Waals surface area (Å²) in [5, 5.41) is 17.8. The number of carbonyl (C=O) groups is 2. The number of oxime groups is 1. The minimum atomic E-state index is -1.34. The Morgan fingerprint density at radius 2 is 1.79 bits per heavy atom. The summed E-state index contributed by atoms with van der Waals surface area (Å²) >= 11 is 1.16. The van der Waals surface area contributed by atoms with Crippen LogP contribution in [-0.4, -0.2) is 41.9 Å². The largest absolute Gasteiger partial charge is 0.548 e. The molecule has 1 amide bonds. The Morgan fingerprint density at radius 3 is 2.45 bits per heavy atom. The zero-order valence-corrected chi connectivity index (χ0v) is 21.7. The molecular weight excluding hydrogens is 506 g/mol. The second kappa shape index (κ2) is 12.2. The lowest BCUT2D eigenvalue weighted by Gasteiger charge is -2.19. The molecule has 38 heavy (non-hydrogen) atoms. The molecule has 0 aliphatic heterocycles. The van der Waals surface area contributed by atoms with Gasteiger partial charge in [-0.3, -0.25) is 14.2 Å². The smallest absolute Gasteiger partial charge is 0.308 e. The molecule has 9 nitrogen and oxygen atoms in total. The summed E-state index contributed by atoms with van der Waals surface area (Å²) in [5.41, 5.74) is 3.94. The van der Waals surface area contributed by atoms with E-state index in [0.717, 1.165) is 32.7 Å². The van der Waals surface area contributed by atoms with Crippen LogP contribution in [0, 0.1) is 0 Å². The van der Waals surface area contributed by atoms with Crippen molar-refractivity contribution in [2.24, 2.45) is 5.16 Å². The molecule has 0 spiro atoms. The van der Waals surface area contributed by atoms with Crippen LogP contribution in [0.15, 0.2) is 82.7 Å². The van der Waals surface area contributed by atoms with Crippen molar-refractivity contribution in [3.63, 3.8) is 0 Å². The number of benzene rings is 3. The number of amides is 1. The maximum absolute atomic E-state index is 12.7. The van der Waals surface area contributed by atoms with E-state index in [1.807, 2.05) is 48.5 Å². The molecule has 0 aliphatic carbocycles. The van der Waals surface area contributed by atoms with Crippen LogP contribution in [0.4, 0.5) is 0 Å². The number of fused-ring (bicyclic) bond motifs is 1. The van der Waals surface area contributed by atoms with Crippen molar-refractivity contribution in [3.05, 3.63) is 99.2 Å². The van der Waals surface area contributed by atoms with Gasteiger partial charge in [-0.15, -0.1) is 0 Å². The Balaban J connectivity index is 1.43. The molecular formula is C28H26N3O6S-. The van der Waals surface area contributed by atoms with E-state index in [1.165, 1.54) is 14.0 Å². The lowest BCUT2D eigenvalue weighted by molar-refractivity contribution is -0.308. The van der Waals surface area contributed by atoms with Crippen molar-refractivity contribution in [2.75, 3.05) is 13.7 Å². The lowest BCUT2D eigenvalue weighted by Crippen LogP contribution is -2.48. The highest BCUT2D eigenvalue weighted by atomic mass is 32.1. The van der Waals surface area contributed by atoms with Crippen molar-refractivity contribution in [2.45, 2.75) is 25.9 Å². The van der Waals surface area contributed by atoms with Gasteiger partial charge in [0.15, 0.2) is 0 Å². The standard InChI is InChI=1S/C28H27N3O6S/c1-18(32)29-23(27(33)34)16-19-8-11-22(12-9-19)37-15-14-31-24-13-10-21(17-25(24)38-28(31)35)26(30-36-2)20-6-4-3-5-7-20/h3-13,17,23H,14-16H2,1-2H3,(H,29,32)(H,33,34)/p-1/b30-26+. The first kappa shape index (κ1) is 26.6. The number of nitrogens with one attached hydrogen (secondary N) is 1. The fraction of sp³-hybridized carbons (Fsp3) is 0.214. The third-order valence-electron chi connectivity index (χ3n) is 5.78. The number of hydrogen-bond donors (Lipinski definition) is 1. The molecule has 3 aromatic carbocycles. The van der Waals surface area contributed by atoms with Gasteiger partial charge in [0.1, 0.15) is 25.2 Å². The molecule has 196 valence electrons. The van der Waals surface area contributed by atoms with Gasteiger partial charge in [0.25, 0.3) is 0 Å². The molecule has 1 atom stereocenters. The molecule has 1 heterocycles. The number of carboxylic acids is 1. The molecule has 10 heteroatoms. The van der Waals surface area contributed by atoms with E-state index in [4.69, 9.17) is 9.57 Å². The second-order valence-corrected chi connectivity index (χ2v) is 9.45. The van der Waals surface area contributed by atoms with Crippen molar-refractivity contribution in [1.82, 2.24) is 9.88 Å². The van der Waals surface area contributed by atoms with Crippen molar-refractivity contribution < 1.29 is 24.3 Å². The summed E-state index contributed by atoms with van der Waals surface area (Å²) in [4.78, 5) is 40.1. The summed E-state index contributed by atoms with van der Waals surface area (Å²) in [5.74, 6) is -1.20. The van der Waals surface area contributed by atoms with Crippen LogP contribution in [0.3, 0.4) is 0 Å². The summed E-state index contributed by atoms with van der Waals surface area (Å²) in [6, 6.07) is 21.2. The zero-order valence-electron chi connectivity index (χ0n) is 20.9. The molecule has 0 radical (unpaired) electrons. The molecule has 1 N–H and O–H groups in total. The molecule has 0 saturated heterocycles. The van der Waals surface area contributed by atoms with Crippen LogP contribution >= 0.6 is 11.3 Å². The summed E-state index contributed by atoms with van der Waals surface area (Å²) in [7, 11) is 1.50. The number of carboxylic acid groups (broad SMARTS) is 1. The molecule has 0 fully saturated rings. The predicted octanol–water partition coefficient (Wildman–Crippen LogP) is 2.34. The zero-order chi connectivity index (χ0) is 27.1. The minimum absolute atomic E-state index is 0.0904. The number of rotatable bonds is 11. The molecule has 4 aromatic rings. The van der Waals surface area contributed by atoms with Gasteiger partial charge in [-0.2, -0.15) is 0 Å². The first-order valence-electron chi connectivity index (χ1n) is 11.9. The molecule has 0 saturated carbocycles. The van der Waals surface area contributed by atoms with E-state index >= 15 is 0 Å². The fourth-order valence-corrected chi connectivity index (χ4v) is 4.99. The number of aliphatic carboxylic acids is 1. The molecule has 0 bridgehead atoms. The minimum Gasteiger partial charge on any atom is -0.548 e. The quantitative estimate of drug-likeness (QED) is 0.234. The predicted molar refractivity (Wildman–Crippen MR) is 143 cm³/mol. The summed E-state index contributed by atoms with van der Waals surface area (Å²) in [6.45, 7) is 1.87. The molecule has 1 unspecified atom stereocenters. The van der Waals surface area contributed by atoms with Crippen LogP contribution in [-0.2, 0) is 27.4 Å². The Kier molecular flexibility index (Phi) is 8.55. The van der Waals surface area contributed by atoms with E-state index in [1.54, 1.807) is 28.8 Å². The Morgan fingerprint density at radius 1 is 1.05 bits per heavy atom. The van der Waals surface area contributed by atoms with Crippen LogP contribution < -0.4 is 20.0 Å². The van der Waals surface area contributed by atoms with Gasteiger partial charge in [-0.05, 0) is 36.2 Å². The van der Waals surface area contributed by atoms with E-state index < -0.39 is 17.9 Å². The van der Waals surface area contributed by atoms with Crippen LogP contribution in [0.5, 0.6) is 5.75 Å². The fourth-order valence-electron chi connectivity index (χ4n) is 4.04. The lowest BCUT2D eigenvalue weighted by atomic mass is 10.0. The van der Waals surface area contributed by atoms with Crippen LogP contribution in [0.1, 0.15) is 23.6 Å². The Bertz CT molecular complexity index is 1510. The number of thiazole rings is 1. The first-order valence-corrected chi connectivity index (χ1v) is 12.7. The maximum atomic E-state index is 12.7.